The quantitative estimate of drug-likeness (QED) is 0.628. The summed E-state index contributed by atoms with van der Waals surface area (Å²) < 4.78 is 0. The minimum atomic E-state index is -0.814. The first-order valence-electron chi connectivity index (χ1n) is 9.16. The highest BCUT2D eigenvalue weighted by molar-refractivity contribution is 7.99. The van der Waals surface area contributed by atoms with E-state index in [0.29, 0.717) is 18.5 Å². The van der Waals surface area contributed by atoms with Crippen LogP contribution in [0.4, 0.5) is 5.69 Å². The molecule has 0 spiro atoms. The van der Waals surface area contributed by atoms with E-state index in [1.807, 2.05) is 61.5 Å². The Hall–Kier alpha value is -2.83. The molecule has 0 radical (unpaired) electrons. The topological polar surface area (TPSA) is 74.2 Å². The minimum Gasteiger partial charge on any atom is -0.369 e. The van der Waals surface area contributed by atoms with Crippen molar-refractivity contribution in [3.05, 3.63) is 83.2 Å². The van der Waals surface area contributed by atoms with Crippen LogP contribution in [0.3, 0.4) is 0 Å². The average molecular weight is 391 g/mol. The molecule has 0 bridgehead atoms. The number of nitrogens with zero attached hydrogens (tertiary/aromatic N) is 1. The molecule has 5 nitrogen and oxygen atoms in total. The maximum Gasteiger partial charge on any atom is 0.251 e. The van der Waals surface area contributed by atoms with Crippen LogP contribution in [0.1, 0.15) is 33.4 Å². The van der Waals surface area contributed by atoms with Crippen molar-refractivity contribution in [1.29, 1.82) is 0 Å². The van der Waals surface area contributed by atoms with E-state index in [-0.39, 0.29) is 5.91 Å². The van der Waals surface area contributed by atoms with Gasteiger partial charge in [-0.25, -0.2) is 0 Å². The van der Waals surface area contributed by atoms with E-state index >= 15 is 0 Å². The van der Waals surface area contributed by atoms with E-state index < -0.39 is 6.23 Å². The number of fused-ring (bicyclic) bond motifs is 2. The average Bonchev–Trinajstić information content (AvgIpc) is 2.86. The summed E-state index contributed by atoms with van der Waals surface area (Å²) in [6.45, 7) is 2.42. The van der Waals surface area contributed by atoms with E-state index in [1.165, 1.54) is 0 Å². The summed E-state index contributed by atoms with van der Waals surface area (Å²) >= 11 is 1.59. The Bertz CT molecular complexity index is 1010. The van der Waals surface area contributed by atoms with Gasteiger partial charge in [0.1, 0.15) is 0 Å². The lowest BCUT2D eigenvalue weighted by Crippen LogP contribution is -2.27. The number of amides is 1. The maximum absolute atomic E-state index is 12.7. The van der Waals surface area contributed by atoms with Gasteiger partial charge in [0, 0.05) is 45.8 Å². The van der Waals surface area contributed by atoms with Crippen molar-refractivity contribution >= 4 is 23.4 Å². The molecule has 1 aliphatic rings. The molecule has 28 heavy (non-hydrogen) atoms. The fourth-order valence-electron chi connectivity index (χ4n) is 3.27. The number of hydrogen-bond donors (Lipinski definition) is 3. The van der Waals surface area contributed by atoms with Gasteiger partial charge in [0.25, 0.3) is 5.91 Å². The van der Waals surface area contributed by atoms with Crippen molar-refractivity contribution in [3.63, 3.8) is 0 Å². The molecule has 1 amide bonds. The maximum atomic E-state index is 12.7. The number of benzene rings is 2. The van der Waals surface area contributed by atoms with Gasteiger partial charge in [-0.3, -0.25) is 9.78 Å². The van der Waals surface area contributed by atoms with E-state index in [0.717, 1.165) is 32.3 Å². The molecule has 2 aromatic carbocycles. The van der Waals surface area contributed by atoms with Crippen LogP contribution in [0.25, 0.3) is 0 Å². The van der Waals surface area contributed by atoms with Crippen molar-refractivity contribution in [3.8, 4) is 0 Å². The second-order valence-electron chi connectivity index (χ2n) is 6.62. The predicted molar refractivity (Wildman–Crippen MR) is 111 cm³/mol. The van der Waals surface area contributed by atoms with Crippen LogP contribution in [-0.2, 0) is 6.42 Å². The fraction of sp³-hybridized carbons (Fsp3) is 0.182. The lowest BCUT2D eigenvalue weighted by molar-refractivity contribution is 0.0953. The molecule has 1 aliphatic heterocycles. The molecule has 2 heterocycles. The highest BCUT2D eigenvalue weighted by Crippen LogP contribution is 2.43. The molecule has 3 N–H and O–H groups in total. The molecule has 0 saturated heterocycles. The van der Waals surface area contributed by atoms with Crippen LogP contribution < -0.4 is 10.6 Å². The standard InChI is InChI=1S/C22H21N3O2S/c1-14-16(21(26)24-13-11-15-6-4-5-12-23-15)9-10-19-20(14)25-22(27)17-7-2-3-8-18(17)28-19/h2-10,12,22,25,27H,11,13H2,1H3,(H,24,26). The summed E-state index contributed by atoms with van der Waals surface area (Å²) in [5.74, 6) is -0.126. The predicted octanol–water partition coefficient (Wildman–Crippen LogP) is 3.93. The molecule has 0 aliphatic carbocycles. The number of aliphatic hydroxyl groups excluding tert-OH is 1. The van der Waals surface area contributed by atoms with E-state index in [1.54, 1.807) is 18.0 Å². The molecule has 1 aromatic heterocycles. The summed E-state index contributed by atoms with van der Waals surface area (Å²) in [5, 5.41) is 16.7. The Labute approximate surface area is 168 Å². The third-order valence-electron chi connectivity index (χ3n) is 4.78. The summed E-state index contributed by atoms with van der Waals surface area (Å²) in [6, 6.07) is 17.3. The number of hydrogen-bond acceptors (Lipinski definition) is 5. The number of aromatic nitrogens is 1. The van der Waals surface area contributed by atoms with Gasteiger partial charge in [-0.2, -0.15) is 0 Å². The number of pyridine rings is 1. The highest BCUT2D eigenvalue weighted by Gasteiger charge is 2.23. The summed E-state index contributed by atoms with van der Waals surface area (Å²) in [5.41, 5.74) is 4.01. The number of carbonyl (C=O) groups is 1. The molecule has 1 unspecified atom stereocenters. The molecule has 4 rings (SSSR count). The van der Waals surface area contributed by atoms with Gasteiger partial charge >= 0.3 is 0 Å². The lowest BCUT2D eigenvalue weighted by Gasteiger charge is -2.17. The van der Waals surface area contributed by atoms with Gasteiger partial charge in [0.15, 0.2) is 6.23 Å². The molecular formula is C22H21N3O2S. The SMILES string of the molecule is Cc1c(C(=O)NCCc2ccccn2)ccc2c1NC(O)c1ccccc1S2. The zero-order chi connectivity index (χ0) is 19.5. The third-order valence-corrected chi connectivity index (χ3v) is 5.93. The van der Waals surface area contributed by atoms with Crippen molar-refractivity contribution in [2.24, 2.45) is 0 Å². The Morgan fingerprint density at radius 1 is 1.14 bits per heavy atom. The van der Waals surface area contributed by atoms with Crippen molar-refractivity contribution in [2.45, 2.75) is 29.4 Å². The Kier molecular flexibility index (Phi) is 5.32. The molecule has 1 atom stereocenters. The Balaban J connectivity index is 1.52. The highest BCUT2D eigenvalue weighted by atomic mass is 32.2. The lowest BCUT2D eigenvalue weighted by atomic mass is 10.1. The van der Waals surface area contributed by atoms with Gasteiger partial charge in [0.2, 0.25) is 0 Å². The van der Waals surface area contributed by atoms with Crippen molar-refractivity contribution < 1.29 is 9.90 Å². The van der Waals surface area contributed by atoms with Crippen LogP contribution in [0.2, 0.25) is 0 Å². The Morgan fingerprint density at radius 3 is 2.79 bits per heavy atom. The molecule has 3 aromatic rings. The monoisotopic (exact) mass is 391 g/mol. The van der Waals surface area contributed by atoms with Gasteiger partial charge in [-0.05, 0) is 42.8 Å². The van der Waals surface area contributed by atoms with E-state index in [4.69, 9.17) is 0 Å². The molecule has 0 fully saturated rings. The molecule has 142 valence electrons. The second-order valence-corrected chi connectivity index (χ2v) is 7.71. The molecular weight excluding hydrogens is 370 g/mol. The normalized spacial score (nSPS) is 15.0. The minimum absolute atomic E-state index is 0.126. The zero-order valence-corrected chi connectivity index (χ0v) is 16.3. The first kappa shape index (κ1) is 18.5. The first-order valence-corrected chi connectivity index (χ1v) is 9.98. The van der Waals surface area contributed by atoms with E-state index in [2.05, 4.69) is 15.6 Å². The van der Waals surface area contributed by atoms with Crippen LogP contribution in [-0.4, -0.2) is 22.5 Å². The van der Waals surface area contributed by atoms with Crippen LogP contribution in [0.15, 0.2) is 70.6 Å². The largest absolute Gasteiger partial charge is 0.369 e. The summed E-state index contributed by atoms with van der Waals surface area (Å²) in [4.78, 5) is 19.0. The second kappa shape index (κ2) is 8.04. The number of rotatable bonds is 4. The van der Waals surface area contributed by atoms with Crippen molar-refractivity contribution in [2.75, 3.05) is 11.9 Å². The van der Waals surface area contributed by atoms with Gasteiger partial charge < -0.3 is 15.7 Å². The van der Waals surface area contributed by atoms with E-state index in [9.17, 15) is 9.90 Å². The van der Waals surface area contributed by atoms with Crippen LogP contribution in [0, 0.1) is 6.92 Å². The molecule has 0 saturated carbocycles. The number of aliphatic hydroxyl groups is 1. The van der Waals surface area contributed by atoms with Gasteiger partial charge in [-0.1, -0.05) is 36.0 Å². The Morgan fingerprint density at radius 2 is 1.96 bits per heavy atom. The van der Waals surface area contributed by atoms with Gasteiger partial charge in [-0.15, -0.1) is 0 Å². The number of nitrogens with one attached hydrogen (secondary N) is 2. The molecule has 6 heteroatoms. The first-order chi connectivity index (χ1) is 13.6. The van der Waals surface area contributed by atoms with Gasteiger partial charge in [0.05, 0.1) is 5.69 Å². The smallest absolute Gasteiger partial charge is 0.251 e. The van der Waals surface area contributed by atoms with Crippen LogP contribution in [0.5, 0.6) is 0 Å². The van der Waals surface area contributed by atoms with Crippen molar-refractivity contribution in [1.82, 2.24) is 10.3 Å². The number of anilines is 1. The van der Waals surface area contributed by atoms with Crippen LogP contribution >= 0.6 is 11.8 Å². The third kappa shape index (κ3) is 3.74. The number of carbonyl (C=O) groups excluding carboxylic acids is 1. The summed E-state index contributed by atoms with van der Waals surface area (Å²) in [7, 11) is 0. The summed E-state index contributed by atoms with van der Waals surface area (Å²) in [6.07, 6.45) is 1.62. The fourth-order valence-corrected chi connectivity index (χ4v) is 4.41. The zero-order valence-electron chi connectivity index (χ0n) is 15.5.